The number of carboxylic acids is 1. The van der Waals surface area contributed by atoms with E-state index in [2.05, 4.69) is 31.0 Å². The standard InChI is InChI=1S/C14H11BrN4O2/c1-7-12(14(20)21)8(2)19(18-7)11-3-4-16-10-5-9(15)6-17-13(10)11/h3-6H,1-2H3,(H,20,21). The van der Waals surface area contributed by atoms with E-state index in [1.54, 1.807) is 37.0 Å². The Morgan fingerprint density at radius 1 is 1.33 bits per heavy atom. The maximum Gasteiger partial charge on any atom is 0.339 e. The third kappa shape index (κ3) is 2.19. The highest BCUT2D eigenvalue weighted by molar-refractivity contribution is 9.10. The topological polar surface area (TPSA) is 80.9 Å². The van der Waals surface area contributed by atoms with Crippen LogP contribution in [0.2, 0.25) is 0 Å². The van der Waals surface area contributed by atoms with Crippen molar-refractivity contribution < 1.29 is 9.90 Å². The van der Waals surface area contributed by atoms with Crippen molar-refractivity contribution in [2.24, 2.45) is 0 Å². The van der Waals surface area contributed by atoms with E-state index in [9.17, 15) is 9.90 Å². The Labute approximate surface area is 128 Å². The van der Waals surface area contributed by atoms with Crippen LogP contribution in [-0.4, -0.2) is 30.8 Å². The minimum atomic E-state index is -0.981. The van der Waals surface area contributed by atoms with E-state index >= 15 is 0 Å². The van der Waals surface area contributed by atoms with Gasteiger partial charge in [0.1, 0.15) is 11.1 Å². The van der Waals surface area contributed by atoms with Crippen molar-refractivity contribution >= 4 is 32.9 Å². The second-order valence-corrected chi connectivity index (χ2v) is 5.53. The van der Waals surface area contributed by atoms with E-state index in [1.807, 2.05) is 6.07 Å². The SMILES string of the molecule is Cc1nn(-c2ccnc3cc(Br)cnc23)c(C)c1C(=O)O. The summed E-state index contributed by atoms with van der Waals surface area (Å²) in [4.78, 5) is 19.9. The van der Waals surface area contributed by atoms with E-state index in [4.69, 9.17) is 0 Å². The molecule has 0 saturated heterocycles. The van der Waals surface area contributed by atoms with Crippen LogP contribution in [0.3, 0.4) is 0 Å². The molecule has 106 valence electrons. The number of halogens is 1. The lowest BCUT2D eigenvalue weighted by molar-refractivity contribution is 0.0695. The van der Waals surface area contributed by atoms with Crippen LogP contribution < -0.4 is 0 Å². The fourth-order valence-electron chi connectivity index (χ4n) is 2.35. The van der Waals surface area contributed by atoms with Gasteiger partial charge in [-0.3, -0.25) is 9.97 Å². The molecule has 0 aliphatic heterocycles. The molecule has 6 nitrogen and oxygen atoms in total. The maximum atomic E-state index is 11.3. The summed E-state index contributed by atoms with van der Waals surface area (Å²) < 4.78 is 2.43. The van der Waals surface area contributed by atoms with Gasteiger partial charge in [-0.05, 0) is 41.9 Å². The number of hydrogen-bond acceptors (Lipinski definition) is 4. The number of fused-ring (bicyclic) bond motifs is 1. The van der Waals surface area contributed by atoms with E-state index in [0.717, 1.165) is 4.47 Å². The summed E-state index contributed by atoms with van der Waals surface area (Å²) in [6, 6.07) is 3.63. The molecule has 0 saturated carbocycles. The lowest BCUT2D eigenvalue weighted by Gasteiger charge is -2.07. The number of aromatic carboxylic acids is 1. The third-order valence-corrected chi connectivity index (χ3v) is 3.69. The Hall–Kier alpha value is -2.28. The first kappa shape index (κ1) is 13.7. The van der Waals surface area contributed by atoms with E-state index in [-0.39, 0.29) is 5.56 Å². The van der Waals surface area contributed by atoms with Gasteiger partial charge in [-0.15, -0.1) is 0 Å². The Kier molecular flexibility index (Phi) is 3.21. The van der Waals surface area contributed by atoms with Gasteiger partial charge < -0.3 is 5.11 Å². The minimum Gasteiger partial charge on any atom is -0.478 e. The van der Waals surface area contributed by atoms with Gasteiger partial charge in [0.25, 0.3) is 0 Å². The average molecular weight is 347 g/mol. The van der Waals surface area contributed by atoms with Gasteiger partial charge in [-0.25, -0.2) is 9.48 Å². The molecule has 3 rings (SSSR count). The molecule has 0 aliphatic carbocycles. The number of carbonyl (C=O) groups is 1. The Morgan fingerprint density at radius 3 is 2.76 bits per heavy atom. The number of pyridine rings is 2. The summed E-state index contributed by atoms with van der Waals surface area (Å²) in [6.07, 6.45) is 3.33. The van der Waals surface area contributed by atoms with Crippen LogP contribution in [0.5, 0.6) is 0 Å². The lowest BCUT2D eigenvalue weighted by atomic mass is 10.2. The van der Waals surface area contributed by atoms with Gasteiger partial charge in [-0.2, -0.15) is 5.10 Å². The smallest absolute Gasteiger partial charge is 0.339 e. The van der Waals surface area contributed by atoms with Gasteiger partial charge in [0, 0.05) is 16.9 Å². The second kappa shape index (κ2) is 4.92. The van der Waals surface area contributed by atoms with Crippen LogP contribution in [0, 0.1) is 13.8 Å². The highest BCUT2D eigenvalue weighted by atomic mass is 79.9. The molecule has 3 heterocycles. The molecular weight excluding hydrogens is 336 g/mol. The van der Waals surface area contributed by atoms with Crippen molar-refractivity contribution in [2.75, 3.05) is 0 Å². The third-order valence-electron chi connectivity index (χ3n) is 3.26. The predicted molar refractivity (Wildman–Crippen MR) is 80.8 cm³/mol. The van der Waals surface area contributed by atoms with Gasteiger partial charge in [0.15, 0.2) is 0 Å². The van der Waals surface area contributed by atoms with E-state index in [1.165, 1.54) is 0 Å². The zero-order chi connectivity index (χ0) is 15.1. The van der Waals surface area contributed by atoms with Crippen molar-refractivity contribution in [1.82, 2.24) is 19.7 Å². The summed E-state index contributed by atoms with van der Waals surface area (Å²) in [6.45, 7) is 3.41. The van der Waals surface area contributed by atoms with Crippen LogP contribution in [0.1, 0.15) is 21.7 Å². The molecule has 0 bridgehead atoms. The van der Waals surface area contributed by atoms with Crippen molar-refractivity contribution in [3.05, 3.63) is 46.0 Å². The highest BCUT2D eigenvalue weighted by Gasteiger charge is 2.19. The van der Waals surface area contributed by atoms with E-state index in [0.29, 0.717) is 28.1 Å². The molecule has 0 radical (unpaired) electrons. The van der Waals surface area contributed by atoms with Crippen LogP contribution in [0.25, 0.3) is 16.7 Å². The molecule has 0 spiro atoms. The minimum absolute atomic E-state index is 0.220. The van der Waals surface area contributed by atoms with Crippen LogP contribution in [0.4, 0.5) is 0 Å². The monoisotopic (exact) mass is 346 g/mol. The van der Waals surface area contributed by atoms with Crippen LogP contribution in [0.15, 0.2) is 29.0 Å². The summed E-state index contributed by atoms with van der Waals surface area (Å²) in [7, 11) is 0. The molecule has 21 heavy (non-hydrogen) atoms. The summed E-state index contributed by atoms with van der Waals surface area (Å²) in [5, 5.41) is 13.6. The Balaban J connectivity index is 2.31. The number of carboxylic acid groups (broad SMARTS) is 1. The van der Waals surface area contributed by atoms with Gasteiger partial charge in [0.05, 0.1) is 22.6 Å². The first-order chi connectivity index (χ1) is 9.99. The molecule has 0 unspecified atom stereocenters. The quantitative estimate of drug-likeness (QED) is 0.771. The number of aromatic nitrogens is 4. The fourth-order valence-corrected chi connectivity index (χ4v) is 2.67. The largest absolute Gasteiger partial charge is 0.478 e. The molecule has 0 aliphatic rings. The first-order valence-corrected chi connectivity index (χ1v) is 6.98. The van der Waals surface area contributed by atoms with Gasteiger partial charge >= 0.3 is 5.97 Å². The number of nitrogens with zero attached hydrogens (tertiary/aromatic N) is 4. The van der Waals surface area contributed by atoms with Crippen LogP contribution >= 0.6 is 15.9 Å². The number of hydrogen-bond donors (Lipinski definition) is 1. The zero-order valence-electron chi connectivity index (χ0n) is 11.3. The normalized spacial score (nSPS) is 11.0. The molecule has 0 aromatic carbocycles. The first-order valence-electron chi connectivity index (χ1n) is 6.19. The van der Waals surface area contributed by atoms with Gasteiger partial charge in [-0.1, -0.05) is 0 Å². The predicted octanol–water partition coefficient (Wildman–Crippen LogP) is 2.89. The Morgan fingerprint density at radius 2 is 2.10 bits per heavy atom. The maximum absolute atomic E-state index is 11.3. The molecule has 1 N–H and O–H groups in total. The van der Waals surface area contributed by atoms with Crippen molar-refractivity contribution in [2.45, 2.75) is 13.8 Å². The van der Waals surface area contributed by atoms with Crippen molar-refractivity contribution in [3.63, 3.8) is 0 Å². The number of rotatable bonds is 2. The molecule has 0 fully saturated rings. The second-order valence-electron chi connectivity index (χ2n) is 4.61. The molecule has 0 amide bonds. The molecule has 3 aromatic rings. The number of aryl methyl sites for hydroxylation is 1. The molecular formula is C14H11BrN4O2. The highest BCUT2D eigenvalue weighted by Crippen LogP contribution is 2.24. The van der Waals surface area contributed by atoms with E-state index < -0.39 is 5.97 Å². The molecule has 7 heteroatoms. The molecule has 0 atom stereocenters. The molecule has 3 aromatic heterocycles. The van der Waals surface area contributed by atoms with Gasteiger partial charge in [0.2, 0.25) is 0 Å². The van der Waals surface area contributed by atoms with Crippen molar-refractivity contribution in [3.8, 4) is 5.69 Å². The summed E-state index contributed by atoms with van der Waals surface area (Å²) >= 11 is 3.36. The summed E-state index contributed by atoms with van der Waals surface area (Å²) in [5.74, 6) is -0.981. The average Bonchev–Trinajstić information content (AvgIpc) is 2.72. The van der Waals surface area contributed by atoms with Crippen LogP contribution in [-0.2, 0) is 0 Å². The summed E-state index contributed by atoms with van der Waals surface area (Å²) in [5.41, 5.74) is 3.35. The van der Waals surface area contributed by atoms with Crippen molar-refractivity contribution in [1.29, 1.82) is 0 Å². The lowest BCUT2D eigenvalue weighted by Crippen LogP contribution is -2.04. The zero-order valence-corrected chi connectivity index (χ0v) is 12.9. The Bertz CT molecular complexity index is 873. The fraction of sp³-hybridized carbons (Fsp3) is 0.143.